The molecule has 0 amide bonds. The minimum Gasteiger partial charge on any atom is -0.429 e. The SMILES string of the molecule is CCOCC1CCC(c2ccc(C(F)(F)Oc3ccc(-c4ccc(OC(F)(F)F)c(F)c4)c(F)c3)c(F)c2F)CC1. The topological polar surface area (TPSA) is 27.7 Å². The van der Waals surface area contributed by atoms with Gasteiger partial charge in [-0.1, -0.05) is 12.1 Å². The van der Waals surface area contributed by atoms with Crippen LogP contribution in [0.5, 0.6) is 11.5 Å². The first-order valence-electron chi connectivity index (χ1n) is 12.8. The van der Waals surface area contributed by atoms with Gasteiger partial charge in [0.2, 0.25) is 0 Å². The van der Waals surface area contributed by atoms with E-state index in [9.17, 15) is 39.5 Å². The lowest BCUT2D eigenvalue weighted by Gasteiger charge is -2.29. The molecule has 3 aromatic rings. The Labute approximate surface area is 229 Å². The van der Waals surface area contributed by atoms with Crippen LogP contribution in [0.25, 0.3) is 11.1 Å². The van der Waals surface area contributed by atoms with E-state index in [2.05, 4.69) is 9.47 Å². The third-order valence-corrected chi connectivity index (χ3v) is 6.93. The average molecular weight is 592 g/mol. The highest BCUT2D eigenvalue weighted by atomic mass is 19.4. The third kappa shape index (κ3) is 7.27. The zero-order chi connectivity index (χ0) is 29.9. The maximum Gasteiger partial charge on any atom is 0.573 e. The Morgan fingerprint density at radius 1 is 0.756 bits per heavy atom. The van der Waals surface area contributed by atoms with E-state index in [1.54, 1.807) is 0 Å². The van der Waals surface area contributed by atoms with Gasteiger partial charge in [-0.3, -0.25) is 0 Å². The normalized spacial score (nSPS) is 17.9. The number of rotatable bonds is 9. The Bertz CT molecular complexity index is 1370. The van der Waals surface area contributed by atoms with Crippen molar-refractivity contribution in [3.8, 4) is 22.6 Å². The molecule has 12 heteroatoms. The van der Waals surface area contributed by atoms with E-state index in [0.717, 1.165) is 43.2 Å². The molecule has 1 saturated carbocycles. The first-order chi connectivity index (χ1) is 19.3. The maximum atomic E-state index is 14.9. The van der Waals surface area contributed by atoms with Gasteiger partial charge in [0.25, 0.3) is 0 Å². The molecular formula is C29H25F9O3. The van der Waals surface area contributed by atoms with Crippen LogP contribution in [0.2, 0.25) is 0 Å². The van der Waals surface area contributed by atoms with E-state index < -0.39 is 52.8 Å². The van der Waals surface area contributed by atoms with Crippen molar-refractivity contribution in [2.45, 2.75) is 51.0 Å². The number of benzene rings is 3. The van der Waals surface area contributed by atoms with Crippen LogP contribution in [0.4, 0.5) is 39.5 Å². The fourth-order valence-corrected chi connectivity index (χ4v) is 4.90. The summed E-state index contributed by atoms with van der Waals surface area (Å²) in [4.78, 5) is 0. The lowest BCUT2D eigenvalue weighted by atomic mass is 9.78. The number of hydrogen-bond acceptors (Lipinski definition) is 3. The first kappa shape index (κ1) is 30.5. The van der Waals surface area contributed by atoms with Gasteiger partial charge in [-0.2, -0.15) is 8.78 Å². The molecule has 41 heavy (non-hydrogen) atoms. The van der Waals surface area contributed by atoms with Crippen molar-refractivity contribution in [2.24, 2.45) is 5.92 Å². The summed E-state index contributed by atoms with van der Waals surface area (Å²) in [5.41, 5.74) is -1.96. The summed E-state index contributed by atoms with van der Waals surface area (Å²) in [6, 6.07) is 6.26. The fourth-order valence-electron chi connectivity index (χ4n) is 4.90. The first-order valence-corrected chi connectivity index (χ1v) is 12.8. The zero-order valence-corrected chi connectivity index (χ0v) is 21.6. The van der Waals surface area contributed by atoms with Crippen LogP contribution in [0.1, 0.15) is 49.7 Å². The molecule has 0 heterocycles. The van der Waals surface area contributed by atoms with Gasteiger partial charge in [0, 0.05) is 24.8 Å². The summed E-state index contributed by atoms with van der Waals surface area (Å²) in [5.74, 6) is -7.76. The van der Waals surface area contributed by atoms with Crippen LogP contribution in [0, 0.1) is 29.2 Å². The molecule has 4 rings (SSSR count). The minimum absolute atomic E-state index is 0.00816. The van der Waals surface area contributed by atoms with E-state index in [0.29, 0.717) is 50.2 Å². The quantitative estimate of drug-likeness (QED) is 0.232. The predicted molar refractivity (Wildman–Crippen MR) is 131 cm³/mol. The van der Waals surface area contributed by atoms with Crippen LogP contribution < -0.4 is 9.47 Å². The van der Waals surface area contributed by atoms with Gasteiger partial charge in [0.05, 0.1) is 0 Å². The van der Waals surface area contributed by atoms with Gasteiger partial charge in [0.15, 0.2) is 23.2 Å². The molecule has 1 aliphatic carbocycles. The molecule has 0 spiro atoms. The van der Waals surface area contributed by atoms with E-state index in [-0.39, 0.29) is 22.6 Å². The standard InChI is InChI=1S/C29H25F9O3/c1-2-39-15-16-3-5-17(6-4-16)21-10-11-22(27(33)26(21)32)28(34,35)40-19-8-9-20(23(30)14-19)18-7-12-25(24(31)13-18)41-29(36,37)38/h7-14,16-17H,2-6,15H2,1H3. The minimum atomic E-state index is -5.15. The molecule has 0 aromatic heterocycles. The second-order valence-electron chi connectivity index (χ2n) is 9.66. The molecule has 0 N–H and O–H groups in total. The Hall–Kier alpha value is -3.41. The summed E-state index contributed by atoms with van der Waals surface area (Å²) >= 11 is 0. The lowest BCUT2D eigenvalue weighted by Crippen LogP contribution is -2.25. The zero-order valence-electron chi connectivity index (χ0n) is 21.6. The molecule has 0 aliphatic heterocycles. The molecule has 1 aliphatic rings. The Balaban J connectivity index is 1.49. The van der Waals surface area contributed by atoms with Gasteiger partial charge in [-0.25, -0.2) is 17.6 Å². The molecule has 1 fully saturated rings. The van der Waals surface area contributed by atoms with Crippen molar-refractivity contribution in [1.29, 1.82) is 0 Å². The highest BCUT2D eigenvalue weighted by Gasteiger charge is 2.40. The molecule has 3 nitrogen and oxygen atoms in total. The Morgan fingerprint density at radius 2 is 1.46 bits per heavy atom. The van der Waals surface area contributed by atoms with Gasteiger partial charge in [-0.15, -0.1) is 13.2 Å². The van der Waals surface area contributed by atoms with Crippen LogP contribution >= 0.6 is 0 Å². The molecule has 0 radical (unpaired) electrons. The summed E-state index contributed by atoms with van der Waals surface area (Å²) in [6.45, 7) is 3.03. The number of alkyl halides is 5. The second kappa shape index (κ2) is 12.2. The van der Waals surface area contributed by atoms with Crippen LogP contribution in [-0.2, 0) is 10.8 Å². The van der Waals surface area contributed by atoms with Crippen LogP contribution in [0.3, 0.4) is 0 Å². The average Bonchev–Trinajstić information content (AvgIpc) is 2.89. The smallest absolute Gasteiger partial charge is 0.429 e. The number of hydrogen-bond donors (Lipinski definition) is 0. The molecule has 222 valence electrons. The Morgan fingerprint density at radius 3 is 2.07 bits per heavy atom. The lowest BCUT2D eigenvalue weighted by molar-refractivity contribution is -0.275. The summed E-state index contributed by atoms with van der Waals surface area (Å²) in [6.07, 6.45) is -6.99. The van der Waals surface area contributed by atoms with E-state index in [4.69, 9.17) is 4.74 Å². The Kier molecular flexibility index (Phi) is 9.10. The third-order valence-electron chi connectivity index (χ3n) is 6.93. The molecule has 0 saturated heterocycles. The monoisotopic (exact) mass is 592 g/mol. The van der Waals surface area contributed by atoms with Gasteiger partial charge < -0.3 is 14.2 Å². The van der Waals surface area contributed by atoms with Crippen molar-refractivity contribution in [2.75, 3.05) is 13.2 Å². The van der Waals surface area contributed by atoms with Crippen molar-refractivity contribution < 1.29 is 53.7 Å². The summed E-state index contributed by atoms with van der Waals surface area (Å²) in [5, 5.41) is 0. The maximum absolute atomic E-state index is 14.9. The molecular weight excluding hydrogens is 567 g/mol. The number of ether oxygens (including phenoxy) is 3. The summed E-state index contributed by atoms with van der Waals surface area (Å²) < 4.78 is 139. The largest absolute Gasteiger partial charge is 0.573 e. The predicted octanol–water partition coefficient (Wildman–Crippen LogP) is 9.25. The fraction of sp³-hybridized carbons (Fsp3) is 0.379. The highest BCUT2D eigenvalue weighted by Crippen LogP contribution is 2.41. The van der Waals surface area contributed by atoms with E-state index >= 15 is 0 Å². The highest BCUT2D eigenvalue weighted by molar-refractivity contribution is 5.66. The van der Waals surface area contributed by atoms with Crippen LogP contribution in [-0.4, -0.2) is 19.6 Å². The van der Waals surface area contributed by atoms with E-state index in [1.807, 2.05) is 6.92 Å². The van der Waals surface area contributed by atoms with Crippen molar-refractivity contribution in [3.05, 3.63) is 82.9 Å². The van der Waals surface area contributed by atoms with Crippen LogP contribution in [0.15, 0.2) is 48.5 Å². The van der Waals surface area contributed by atoms with Crippen molar-refractivity contribution in [1.82, 2.24) is 0 Å². The molecule has 0 bridgehead atoms. The van der Waals surface area contributed by atoms with Crippen molar-refractivity contribution >= 4 is 0 Å². The summed E-state index contributed by atoms with van der Waals surface area (Å²) in [7, 11) is 0. The second-order valence-corrected chi connectivity index (χ2v) is 9.66. The van der Waals surface area contributed by atoms with Crippen molar-refractivity contribution in [3.63, 3.8) is 0 Å². The van der Waals surface area contributed by atoms with Gasteiger partial charge in [0.1, 0.15) is 17.1 Å². The molecule has 0 unspecified atom stereocenters. The van der Waals surface area contributed by atoms with Gasteiger partial charge >= 0.3 is 12.5 Å². The van der Waals surface area contributed by atoms with E-state index in [1.165, 1.54) is 0 Å². The molecule has 0 atom stereocenters. The molecule has 3 aromatic carbocycles. The number of halogens is 9. The van der Waals surface area contributed by atoms with Gasteiger partial charge in [-0.05, 0) is 85.9 Å².